The highest BCUT2D eigenvalue weighted by Gasteiger charge is 2.26. The molecular formula is C24H18N4O2. The second kappa shape index (κ2) is 6.38. The summed E-state index contributed by atoms with van der Waals surface area (Å²) in [5.74, 6) is 0.608. The van der Waals surface area contributed by atoms with Crippen molar-refractivity contribution in [2.45, 2.75) is 12.2 Å². The van der Waals surface area contributed by atoms with Crippen LogP contribution in [0.2, 0.25) is 0 Å². The number of aliphatic hydroxyl groups is 2. The number of imidazole rings is 2. The van der Waals surface area contributed by atoms with E-state index in [2.05, 4.69) is 19.9 Å². The number of aromatic amines is 2. The molecule has 30 heavy (non-hydrogen) atoms. The van der Waals surface area contributed by atoms with E-state index < -0.39 is 12.2 Å². The molecule has 0 bridgehead atoms. The maximum absolute atomic E-state index is 10.8. The number of aromatic nitrogens is 4. The molecule has 6 nitrogen and oxygen atoms in total. The number of hydrogen-bond acceptors (Lipinski definition) is 4. The zero-order valence-corrected chi connectivity index (χ0v) is 15.9. The fourth-order valence-corrected chi connectivity index (χ4v) is 4.01. The van der Waals surface area contributed by atoms with Gasteiger partial charge in [-0.2, -0.15) is 0 Å². The van der Waals surface area contributed by atoms with Crippen LogP contribution in [0.3, 0.4) is 0 Å². The van der Waals surface area contributed by atoms with Gasteiger partial charge in [-0.15, -0.1) is 0 Å². The van der Waals surface area contributed by atoms with Crippen LogP contribution in [0, 0.1) is 0 Å². The molecule has 6 aromatic rings. The normalized spacial score (nSPS) is 14.1. The Morgan fingerprint density at radius 3 is 1.33 bits per heavy atom. The average molecular weight is 394 g/mol. The van der Waals surface area contributed by atoms with Gasteiger partial charge >= 0.3 is 0 Å². The summed E-state index contributed by atoms with van der Waals surface area (Å²) in [6.45, 7) is 0. The topological polar surface area (TPSA) is 97.8 Å². The minimum atomic E-state index is -1.24. The van der Waals surface area contributed by atoms with Crippen LogP contribution >= 0.6 is 0 Å². The second-order valence-electron chi connectivity index (χ2n) is 7.57. The SMILES string of the molecule is OC(c1nc2cc3ccccc3cc2[nH]1)C(O)c1nc2cc3ccccc3cc2[nH]1. The third-order valence-corrected chi connectivity index (χ3v) is 5.59. The second-order valence-corrected chi connectivity index (χ2v) is 7.57. The van der Waals surface area contributed by atoms with E-state index in [0.29, 0.717) is 11.6 Å². The van der Waals surface area contributed by atoms with Crippen molar-refractivity contribution < 1.29 is 10.2 Å². The molecule has 4 N–H and O–H groups in total. The molecule has 146 valence electrons. The summed E-state index contributed by atoms with van der Waals surface area (Å²) in [4.78, 5) is 15.3. The highest BCUT2D eigenvalue weighted by molar-refractivity contribution is 5.96. The molecule has 0 radical (unpaired) electrons. The number of benzene rings is 4. The van der Waals surface area contributed by atoms with Gasteiger partial charge in [0, 0.05) is 0 Å². The van der Waals surface area contributed by atoms with E-state index in [1.807, 2.05) is 72.8 Å². The van der Waals surface area contributed by atoms with Crippen LogP contribution in [-0.2, 0) is 0 Å². The molecule has 0 aliphatic carbocycles. The first-order valence-electron chi connectivity index (χ1n) is 9.79. The van der Waals surface area contributed by atoms with Crippen molar-refractivity contribution in [3.05, 3.63) is 84.4 Å². The summed E-state index contributed by atoms with van der Waals surface area (Å²) >= 11 is 0. The van der Waals surface area contributed by atoms with Crippen LogP contribution in [0.5, 0.6) is 0 Å². The third-order valence-electron chi connectivity index (χ3n) is 5.59. The fraction of sp³-hybridized carbons (Fsp3) is 0.0833. The van der Waals surface area contributed by atoms with E-state index in [0.717, 1.165) is 43.6 Å². The summed E-state index contributed by atoms with van der Waals surface area (Å²) in [5.41, 5.74) is 3.10. The molecule has 4 aromatic carbocycles. The number of nitrogens with one attached hydrogen (secondary N) is 2. The minimum absolute atomic E-state index is 0.304. The monoisotopic (exact) mass is 394 g/mol. The number of aliphatic hydroxyl groups excluding tert-OH is 2. The molecule has 0 saturated heterocycles. The van der Waals surface area contributed by atoms with Crippen LogP contribution in [0.15, 0.2) is 72.8 Å². The molecule has 6 rings (SSSR count). The number of hydrogen-bond donors (Lipinski definition) is 4. The van der Waals surface area contributed by atoms with Gasteiger partial charge in [-0.3, -0.25) is 0 Å². The van der Waals surface area contributed by atoms with Gasteiger partial charge in [-0.25, -0.2) is 9.97 Å². The standard InChI is InChI=1S/C24H18N4O2/c29-21(23-25-17-9-13-5-1-2-6-14(13)10-18(17)26-23)22(30)24-27-19-11-15-7-3-4-8-16(15)12-20(19)28-24/h1-12,21-22,29-30H,(H,25,26)(H,27,28). The van der Waals surface area contributed by atoms with Gasteiger partial charge in [0.25, 0.3) is 0 Å². The smallest absolute Gasteiger partial charge is 0.145 e. The van der Waals surface area contributed by atoms with Crippen molar-refractivity contribution in [2.24, 2.45) is 0 Å². The van der Waals surface area contributed by atoms with Crippen LogP contribution in [0.25, 0.3) is 43.6 Å². The maximum Gasteiger partial charge on any atom is 0.145 e. The number of H-pyrrole nitrogens is 2. The Balaban J connectivity index is 1.39. The summed E-state index contributed by atoms with van der Waals surface area (Å²) in [5, 5.41) is 25.9. The first kappa shape index (κ1) is 17.1. The Bertz CT molecular complexity index is 1330. The molecule has 0 fully saturated rings. The van der Waals surface area contributed by atoms with Crippen molar-refractivity contribution in [1.29, 1.82) is 0 Å². The molecule has 0 aliphatic rings. The molecule has 6 heteroatoms. The lowest BCUT2D eigenvalue weighted by atomic mass is 10.1. The Morgan fingerprint density at radius 2 is 0.933 bits per heavy atom. The predicted octanol–water partition coefficient (Wildman–Crippen LogP) is 4.51. The Hall–Kier alpha value is -3.74. The number of fused-ring (bicyclic) bond motifs is 4. The highest BCUT2D eigenvalue weighted by atomic mass is 16.3. The lowest BCUT2D eigenvalue weighted by molar-refractivity contribution is 0.00780. The van der Waals surface area contributed by atoms with E-state index >= 15 is 0 Å². The van der Waals surface area contributed by atoms with Gasteiger partial charge < -0.3 is 20.2 Å². The van der Waals surface area contributed by atoms with Crippen molar-refractivity contribution in [3.63, 3.8) is 0 Å². The molecule has 0 amide bonds. The zero-order chi connectivity index (χ0) is 20.2. The van der Waals surface area contributed by atoms with Gasteiger partial charge in [0.2, 0.25) is 0 Å². The van der Waals surface area contributed by atoms with E-state index in [-0.39, 0.29) is 0 Å². The maximum atomic E-state index is 10.8. The fourth-order valence-electron chi connectivity index (χ4n) is 4.01. The molecule has 0 saturated carbocycles. The molecule has 2 unspecified atom stereocenters. The predicted molar refractivity (Wildman–Crippen MR) is 117 cm³/mol. The van der Waals surface area contributed by atoms with Gasteiger partial charge in [0.15, 0.2) is 0 Å². The van der Waals surface area contributed by atoms with E-state index in [1.165, 1.54) is 0 Å². The summed E-state index contributed by atoms with van der Waals surface area (Å²) < 4.78 is 0. The van der Waals surface area contributed by atoms with Crippen molar-refractivity contribution in [3.8, 4) is 0 Å². The molecule has 0 spiro atoms. The van der Waals surface area contributed by atoms with Crippen LogP contribution in [0.1, 0.15) is 23.9 Å². The largest absolute Gasteiger partial charge is 0.382 e. The highest BCUT2D eigenvalue weighted by Crippen LogP contribution is 2.30. The molecule has 2 aromatic heterocycles. The lowest BCUT2D eigenvalue weighted by Crippen LogP contribution is -2.13. The first-order chi connectivity index (χ1) is 14.7. The van der Waals surface area contributed by atoms with Crippen molar-refractivity contribution >= 4 is 43.6 Å². The van der Waals surface area contributed by atoms with E-state index in [1.54, 1.807) is 0 Å². The molecular weight excluding hydrogens is 376 g/mol. The van der Waals surface area contributed by atoms with Gasteiger partial charge in [-0.05, 0) is 45.8 Å². The first-order valence-corrected chi connectivity index (χ1v) is 9.79. The Morgan fingerprint density at radius 1 is 0.567 bits per heavy atom. The lowest BCUT2D eigenvalue weighted by Gasteiger charge is -2.13. The van der Waals surface area contributed by atoms with E-state index in [9.17, 15) is 10.2 Å². The van der Waals surface area contributed by atoms with Gasteiger partial charge in [0.1, 0.15) is 23.9 Å². The van der Waals surface area contributed by atoms with Crippen LogP contribution in [-0.4, -0.2) is 30.1 Å². The average Bonchev–Trinajstić information content (AvgIpc) is 3.38. The van der Waals surface area contributed by atoms with Crippen LogP contribution in [0.4, 0.5) is 0 Å². The van der Waals surface area contributed by atoms with E-state index in [4.69, 9.17) is 0 Å². The number of nitrogens with zero attached hydrogens (tertiary/aromatic N) is 2. The third kappa shape index (κ3) is 2.66. The van der Waals surface area contributed by atoms with Gasteiger partial charge in [0.05, 0.1) is 22.1 Å². The molecule has 0 aliphatic heterocycles. The Labute approximate surface area is 170 Å². The zero-order valence-electron chi connectivity index (χ0n) is 15.9. The summed E-state index contributed by atoms with van der Waals surface area (Å²) in [6.07, 6.45) is -2.48. The van der Waals surface area contributed by atoms with Crippen molar-refractivity contribution in [2.75, 3.05) is 0 Å². The van der Waals surface area contributed by atoms with Crippen molar-refractivity contribution in [1.82, 2.24) is 19.9 Å². The molecule has 2 atom stereocenters. The molecule has 2 heterocycles. The summed E-state index contributed by atoms with van der Waals surface area (Å²) in [7, 11) is 0. The number of rotatable bonds is 3. The minimum Gasteiger partial charge on any atom is -0.382 e. The Kier molecular flexibility index (Phi) is 3.65. The summed E-state index contributed by atoms with van der Waals surface area (Å²) in [6, 6.07) is 23.9. The van der Waals surface area contributed by atoms with Crippen LogP contribution < -0.4 is 0 Å². The van der Waals surface area contributed by atoms with Gasteiger partial charge in [-0.1, -0.05) is 48.5 Å². The quantitative estimate of drug-likeness (QED) is 0.355.